The van der Waals surface area contributed by atoms with Gasteiger partial charge in [0, 0.05) is 20.5 Å². The van der Waals surface area contributed by atoms with E-state index < -0.39 is 22.9 Å². The van der Waals surface area contributed by atoms with Crippen molar-refractivity contribution in [3.63, 3.8) is 0 Å². The van der Waals surface area contributed by atoms with Crippen molar-refractivity contribution in [2.45, 2.75) is 45.9 Å². The molecule has 3 unspecified atom stereocenters. The molecule has 1 aliphatic heterocycles. The number of anilines is 3. The van der Waals surface area contributed by atoms with Crippen LogP contribution in [0.5, 0.6) is 0 Å². The molecule has 1 heterocycles. The highest BCUT2D eigenvalue weighted by molar-refractivity contribution is 8.00. The Kier molecular flexibility index (Phi) is 8.72. The molecule has 41 heavy (non-hydrogen) atoms. The zero-order chi connectivity index (χ0) is 29.1. The Labute approximate surface area is 249 Å². The third-order valence-corrected chi connectivity index (χ3v) is 9.43. The SMILES string of the molecule is CCC(Sc1cccc(NC(=O)N2c3ccccc3SC3C=CC=CC32)c1)C(=O)Nc1ccc(Cl)cc1C(F)(F)F. The van der Waals surface area contributed by atoms with Crippen LogP contribution < -0.4 is 15.5 Å². The number of fused-ring (bicyclic) bond motifs is 2. The van der Waals surface area contributed by atoms with Gasteiger partial charge in [-0.15, -0.1) is 23.5 Å². The summed E-state index contributed by atoms with van der Waals surface area (Å²) in [5.41, 5.74) is 0.00257. The Bertz CT molecular complexity index is 1530. The van der Waals surface area contributed by atoms with Crippen LogP contribution in [0.1, 0.15) is 18.9 Å². The van der Waals surface area contributed by atoms with Gasteiger partial charge in [-0.1, -0.05) is 61.0 Å². The summed E-state index contributed by atoms with van der Waals surface area (Å²) in [6, 6.07) is 17.6. The van der Waals surface area contributed by atoms with Gasteiger partial charge in [-0.3, -0.25) is 9.69 Å². The second-order valence-electron chi connectivity index (χ2n) is 9.33. The predicted molar refractivity (Wildman–Crippen MR) is 161 cm³/mol. The van der Waals surface area contributed by atoms with Crippen molar-refractivity contribution in [1.82, 2.24) is 0 Å². The molecule has 1 aliphatic carbocycles. The summed E-state index contributed by atoms with van der Waals surface area (Å²) in [6.07, 6.45) is 3.70. The van der Waals surface area contributed by atoms with E-state index in [0.29, 0.717) is 17.0 Å². The summed E-state index contributed by atoms with van der Waals surface area (Å²) in [7, 11) is 0. The van der Waals surface area contributed by atoms with E-state index in [-0.39, 0.29) is 28.0 Å². The summed E-state index contributed by atoms with van der Waals surface area (Å²) in [5.74, 6) is -0.564. The third kappa shape index (κ3) is 6.60. The number of rotatable bonds is 6. The number of benzene rings is 3. The number of thioether (sulfide) groups is 2. The van der Waals surface area contributed by atoms with Crippen LogP contribution in [0.25, 0.3) is 0 Å². The highest BCUT2D eigenvalue weighted by Crippen LogP contribution is 2.44. The van der Waals surface area contributed by atoms with E-state index in [1.807, 2.05) is 42.5 Å². The summed E-state index contributed by atoms with van der Waals surface area (Å²) in [6.45, 7) is 1.78. The summed E-state index contributed by atoms with van der Waals surface area (Å²) >= 11 is 8.68. The fourth-order valence-electron chi connectivity index (χ4n) is 4.62. The van der Waals surface area contributed by atoms with Crippen LogP contribution in [0.4, 0.5) is 35.0 Å². The largest absolute Gasteiger partial charge is 0.418 e. The molecular formula is C30H25ClF3N3O2S2. The molecule has 5 rings (SSSR count). The summed E-state index contributed by atoms with van der Waals surface area (Å²) in [4.78, 5) is 30.1. The first kappa shape index (κ1) is 29.2. The Morgan fingerprint density at radius 2 is 1.80 bits per heavy atom. The normalized spacial score (nSPS) is 18.3. The minimum atomic E-state index is -4.67. The number of carbonyl (C=O) groups excluding carboxylic acids is 2. The van der Waals surface area contributed by atoms with Crippen LogP contribution in [0.15, 0.2) is 101 Å². The maximum atomic E-state index is 13.6. The van der Waals surface area contributed by atoms with Crippen molar-refractivity contribution in [3.05, 3.63) is 102 Å². The number of hydrogen-bond acceptors (Lipinski definition) is 4. The predicted octanol–water partition coefficient (Wildman–Crippen LogP) is 8.88. The van der Waals surface area contributed by atoms with Crippen molar-refractivity contribution in [1.29, 1.82) is 0 Å². The lowest BCUT2D eigenvalue weighted by atomic mass is 10.1. The van der Waals surface area contributed by atoms with Gasteiger partial charge in [-0.2, -0.15) is 13.2 Å². The summed E-state index contributed by atoms with van der Waals surface area (Å²) in [5, 5.41) is 4.73. The fourth-order valence-corrected chi connectivity index (χ4v) is 7.06. The molecule has 0 spiro atoms. The monoisotopic (exact) mass is 615 g/mol. The quantitative estimate of drug-likeness (QED) is 0.272. The fraction of sp³-hybridized carbons (Fsp3) is 0.200. The minimum Gasteiger partial charge on any atom is -0.325 e. The number of urea groups is 1. The van der Waals surface area contributed by atoms with Gasteiger partial charge in [-0.05, 0) is 55.0 Å². The van der Waals surface area contributed by atoms with E-state index >= 15 is 0 Å². The molecule has 0 saturated heterocycles. The average molecular weight is 616 g/mol. The molecule has 0 radical (unpaired) electrons. The highest BCUT2D eigenvalue weighted by Gasteiger charge is 2.37. The Balaban J connectivity index is 1.31. The molecule has 0 aromatic heterocycles. The molecule has 3 aromatic rings. The van der Waals surface area contributed by atoms with Crippen LogP contribution in [-0.2, 0) is 11.0 Å². The first-order valence-electron chi connectivity index (χ1n) is 12.8. The van der Waals surface area contributed by atoms with E-state index in [1.54, 1.807) is 47.9 Å². The Hall–Kier alpha value is -3.34. The lowest BCUT2D eigenvalue weighted by Crippen LogP contribution is -2.49. The second-order valence-corrected chi connectivity index (χ2v) is 12.3. The number of halogens is 4. The third-order valence-electron chi connectivity index (χ3n) is 6.53. The number of nitrogens with zero attached hydrogens (tertiary/aromatic N) is 1. The molecule has 0 saturated carbocycles. The number of hydrogen-bond donors (Lipinski definition) is 2. The molecular weight excluding hydrogens is 591 g/mol. The molecule has 3 amide bonds. The topological polar surface area (TPSA) is 61.4 Å². The molecule has 0 bridgehead atoms. The second kappa shape index (κ2) is 12.3. The first-order valence-corrected chi connectivity index (χ1v) is 14.9. The number of carbonyl (C=O) groups is 2. The van der Waals surface area contributed by atoms with Gasteiger partial charge in [0.05, 0.1) is 33.5 Å². The lowest BCUT2D eigenvalue weighted by Gasteiger charge is -2.40. The van der Waals surface area contributed by atoms with Gasteiger partial charge < -0.3 is 10.6 Å². The summed E-state index contributed by atoms with van der Waals surface area (Å²) < 4.78 is 40.5. The van der Waals surface area contributed by atoms with Crippen LogP contribution in [-0.4, -0.2) is 28.5 Å². The van der Waals surface area contributed by atoms with E-state index in [2.05, 4.69) is 16.7 Å². The van der Waals surface area contributed by atoms with E-state index in [9.17, 15) is 22.8 Å². The molecule has 212 valence electrons. The molecule has 0 fully saturated rings. The van der Waals surface area contributed by atoms with Gasteiger partial charge >= 0.3 is 12.2 Å². The van der Waals surface area contributed by atoms with Crippen LogP contribution >= 0.6 is 35.1 Å². The smallest absolute Gasteiger partial charge is 0.325 e. The zero-order valence-electron chi connectivity index (χ0n) is 21.7. The molecule has 11 heteroatoms. The van der Waals surface area contributed by atoms with Crippen LogP contribution in [0.3, 0.4) is 0 Å². The number of amides is 3. The molecule has 3 atom stereocenters. The zero-order valence-corrected chi connectivity index (χ0v) is 24.1. The van der Waals surface area contributed by atoms with Gasteiger partial charge in [-0.25, -0.2) is 4.79 Å². The standard InChI is InChI=1S/C30H25ClF3N3O2S2/c1-2-25(28(38)36-22-15-14-18(31)16-21(22)30(32,33)34)40-20-9-7-8-19(17-20)35-29(39)37-23-10-3-5-12-26(23)41-27-13-6-4-11-24(27)37/h3-17,23,25-26H,2H2,1H3,(H,35,39)(H,36,38). The highest BCUT2D eigenvalue weighted by atomic mass is 35.5. The molecule has 3 aromatic carbocycles. The van der Waals surface area contributed by atoms with Crippen molar-refractivity contribution < 1.29 is 22.8 Å². The van der Waals surface area contributed by atoms with E-state index in [4.69, 9.17) is 11.6 Å². The average Bonchev–Trinajstić information content (AvgIpc) is 2.95. The number of nitrogens with one attached hydrogen (secondary N) is 2. The van der Waals surface area contributed by atoms with Gasteiger partial charge in [0.25, 0.3) is 0 Å². The van der Waals surface area contributed by atoms with Crippen molar-refractivity contribution >= 4 is 64.1 Å². The van der Waals surface area contributed by atoms with Gasteiger partial charge in [0.15, 0.2) is 0 Å². The maximum absolute atomic E-state index is 13.6. The van der Waals surface area contributed by atoms with Crippen molar-refractivity contribution in [2.75, 3.05) is 15.5 Å². The number of alkyl halides is 3. The number of para-hydroxylation sites is 1. The lowest BCUT2D eigenvalue weighted by molar-refractivity contribution is -0.137. The van der Waals surface area contributed by atoms with Crippen LogP contribution in [0, 0.1) is 0 Å². The Morgan fingerprint density at radius 3 is 2.59 bits per heavy atom. The molecule has 2 aliphatic rings. The van der Waals surface area contributed by atoms with E-state index in [1.165, 1.54) is 17.8 Å². The van der Waals surface area contributed by atoms with Crippen molar-refractivity contribution in [3.8, 4) is 0 Å². The molecule has 5 nitrogen and oxygen atoms in total. The number of allylic oxidation sites excluding steroid dienone is 2. The first-order chi connectivity index (χ1) is 19.6. The van der Waals surface area contributed by atoms with Gasteiger partial charge in [0.1, 0.15) is 0 Å². The minimum absolute atomic E-state index is 0.0751. The van der Waals surface area contributed by atoms with Crippen molar-refractivity contribution in [2.24, 2.45) is 0 Å². The Morgan fingerprint density at radius 1 is 1.02 bits per heavy atom. The molecule has 2 N–H and O–H groups in total. The van der Waals surface area contributed by atoms with Gasteiger partial charge in [0.2, 0.25) is 5.91 Å². The van der Waals surface area contributed by atoms with E-state index in [0.717, 1.165) is 22.7 Å². The van der Waals surface area contributed by atoms with Crippen LogP contribution in [0.2, 0.25) is 5.02 Å². The maximum Gasteiger partial charge on any atom is 0.418 e.